The normalized spacial score (nSPS) is 20.0. The molecular formula is C17H32. The molecule has 1 saturated carbocycles. The number of hydrogen-bond donors (Lipinski definition) is 0. The third-order valence-corrected chi connectivity index (χ3v) is 3.91. The van der Waals surface area contributed by atoms with E-state index in [-0.39, 0.29) is 0 Å². The molecule has 0 heterocycles. The Labute approximate surface area is 109 Å². The maximum absolute atomic E-state index is 2.54. The van der Waals surface area contributed by atoms with E-state index in [2.05, 4.69) is 40.7 Å². The van der Waals surface area contributed by atoms with Gasteiger partial charge in [-0.1, -0.05) is 71.4 Å². The largest absolute Gasteiger partial charge is 0.0799 e. The van der Waals surface area contributed by atoms with Crippen LogP contribution < -0.4 is 0 Å². The van der Waals surface area contributed by atoms with E-state index in [1.165, 1.54) is 44.9 Å². The Bertz CT molecular complexity index is 239. The second kappa shape index (κ2) is 6.61. The highest BCUT2D eigenvalue weighted by molar-refractivity contribution is 5.06. The summed E-state index contributed by atoms with van der Waals surface area (Å²) in [6.07, 6.45) is 12.5. The molecule has 0 heteroatoms. The van der Waals surface area contributed by atoms with Crippen molar-refractivity contribution in [2.75, 3.05) is 0 Å². The van der Waals surface area contributed by atoms with Gasteiger partial charge in [-0.15, -0.1) is 0 Å². The first kappa shape index (κ1) is 14.8. The van der Waals surface area contributed by atoms with E-state index in [0.717, 1.165) is 11.8 Å². The van der Waals surface area contributed by atoms with Crippen LogP contribution in [0, 0.1) is 17.3 Å². The lowest BCUT2D eigenvalue weighted by atomic mass is 9.75. The van der Waals surface area contributed by atoms with Gasteiger partial charge >= 0.3 is 0 Å². The van der Waals surface area contributed by atoms with Gasteiger partial charge in [-0.25, -0.2) is 0 Å². The van der Waals surface area contributed by atoms with Crippen LogP contribution >= 0.6 is 0 Å². The summed E-state index contributed by atoms with van der Waals surface area (Å²) in [5, 5.41) is 0. The van der Waals surface area contributed by atoms with Crippen molar-refractivity contribution in [1.82, 2.24) is 0 Å². The van der Waals surface area contributed by atoms with Gasteiger partial charge in [0, 0.05) is 0 Å². The maximum atomic E-state index is 2.54. The molecule has 1 aliphatic rings. The molecule has 0 bridgehead atoms. The minimum absolute atomic E-state index is 0.404. The van der Waals surface area contributed by atoms with Crippen LogP contribution in [0.15, 0.2) is 11.6 Å². The number of rotatable bonds is 5. The fourth-order valence-electron chi connectivity index (χ4n) is 3.56. The lowest BCUT2D eigenvalue weighted by Gasteiger charge is -2.30. The molecule has 0 aromatic heterocycles. The molecule has 17 heavy (non-hydrogen) atoms. The van der Waals surface area contributed by atoms with Gasteiger partial charge < -0.3 is 0 Å². The van der Waals surface area contributed by atoms with Crippen molar-refractivity contribution in [2.45, 2.75) is 79.6 Å². The molecule has 0 atom stereocenters. The van der Waals surface area contributed by atoms with Crippen LogP contribution in [-0.2, 0) is 0 Å². The summed E-state index contributed by atoms with van der Waals surface area (Å²) >= 11 is 0. The average molecular weight is 236 g/mol. The van der Waals surface area contributed by atoms with Crippen molar-refractivity contribution in [3.63, 3.8) is 0 Å². The van der Waals surface area contributed by atoms with E-state index in [1.54, 1.807) is 5.57 Å². The predicted octanol–water partition coefficient (Wildman–Crippen LogP) is 5.98. The topological polar surface area (TPSA) is 0 Å². The summed E-state index contributed by atoms with van der Waals surface area (Å²) in [4.78, 5) is 0. The second-order valence-electron chi connectivity index (χ2n) is 7.29. The molecule has 0 radical (unpaired) electrons. The first-order chi connectivity index (χ1) is 7.89. The highest BCUT2D eigenvalue weighted by atomic mass is 14.3. The lowest BCUT2D eigenvalue weighted by Crippen LogP contribution is -2.17. The fourth-order valence-corrected chi connectivity index (χ4v) is 3.56. The Morgan fingerprint density at radius 2 is 1.76 bits per heavy atom. The van der Waals surface area contributed by atoms with Crippen LogP contribution in [0.1, 0.15) is 79.6 Å². The SMILES string of the molecule is CC(=CC(C)(C)CC1CCCCC1)CC(C)C. The van der Waals surface area contributed by atoms with E-state index < -0.39 is 0 Å². The molecular weight excluding hydrogens is 204 g/mol. The lowest BCUT2D eigenvalue weighted by molar-refractivity contribution is 0.262. The Morgan fingerprint density at radius 3 is 2.29 bits per heavy atom. The van der Waals surface area contributed by atoms with Gasteiger partial charge in [0.1, 0.15) is 0 Å². The Hall–Kier alpha value is -0.260. The third-order valence-electron chi connectivity index (χ3n) is 3.91. The Morgan fingerprint density at radius 1 is 1.18 bits per heavy atom. The minimum atomic E-state index is 0.404. The first-order valence-corrected chi connectivity index (χ1v) is 7.57. The molecule has 1 rings (SSSR count). The zero-order valence-corrected chi connectivity index (χ0v) is 12.7. The summed E-state index contributed by atoms with van der Waals surface area (Å²) in [5.74, 6) is 1.78. The third kappa shape index (κ3) is 6.29. The average Bonchev–Trinajstić information content (AvgIpc) is 2.15. The molecule has 0 N–H and O–H groups in total. The Balaban J connectivity index is 2.48. The van der Waals surface area contributed by atoms with Crippen molar-refractivity contribution >= 4 is 0 Å². The molecule has 100 valence electrons. The van der Waals surface area contributed by atoms with E-state index in [1.807, 2.05) is 0 Å². The van der Waals surface area contributed by atoms with E-state index in [9.17, 15) is 0 Å². The summed E-state index contributed by atoms with van der Waals surface area (Å²) in [5.41, 5.74) is 1.99. The van der Waals surface area contributed by atoms with Crippen LogP contribution in [-0.4, -0.2) is 0 Å². The molecule has 1 fully saturated rings. The number of allylic oxidation sites excluding steroid dienone is 2. The van der Waals surface area contributed by atoms with E-state index >= 15 is 0 Å². The first-order valence-electron chi connectivity index (χ1n) is 7.57. The Kier molecular flexibility index (Phi) is 5.76. The second-order valence-corrected chi connectivity index (χ2v) is 7.29. The number of hydrogen-bond acceptors (Lipinski definition) is 0. The van der Waals surface area contributed by atoms with Crippen molar-refractivity contribution in [3.8, 4) is 0 Å². The molecule has 0 aromatic carbocycles. The quantitative estimate of drug-likeness (QED) is 0.515. The van der Waals surface area contributed by atoms with Crippen molar-refractivity contribution in [3.05, 3.63) is 11.6 Å². The molecule has 0 aliphatic heterocycles. The van der Waals surface area contributed by atoms with E-state index in [4.69, 9.17) is 0 Å². The van der Waals surface area contributed by atoms with Gasteiger partial charge in [-0.05, 0) is 37.0 Å². The standard InChI is InChI=1S/C17H32/c1-14(2)11-15(3)12-17(4,5)13-16-9-7-6-8-10-16/h12,14,16H,6-11,13H2,1-5H3. The predicted molar refractivity (Wildman–Crippen MR) is 78.2 cm³/mol. The molecule has 0 amide bonds. The van der Waals surface area contributed by atoms with Crippen molar-refractivity contribution in [2.24, 2.45) is 17.3 Å². The zero-order valence-electron chi connectivity index (χ0n) is 12.7. The van der Waals surface area contributed by atoms with Gasteiger partial charge in [0.15, 0.2) is 0 Å². The van der Waals surface area contributed by atoms with Crippen LogP contribution in [0.25, 0.3) is 0 Å². The summed E-state index contributed by atoms with van der Waals surface area (Å²) in [6.45, 7) is 11.8. The summed E-state index contributed by atoms with van der Waals surface area (Å²) in [7, 11) is 0. The van der Waals surface area contributed by atoms with Gasteiger partial charge in [0.05, 0.1) is 0 Å². The van der Waals surface area contributed by atoms with Crippen LogP contribution in [0.3, 0.4) is 0 Å². The molecule has 0 saturated heterocycles. The van der Waals surface area contributed by atoms with Gasteiger partial charge in [0.25, 0.3) is 0 Å². The molecule has 1 aliphatic carbocycles. The molecule has 0 aromatic rings. The van der Waals surface area contributed by atoms with Crippen molar-refractivity contribution < 1.29 is 0 Å². The van der Waals surface area contributed by atoms with Crippen molar-refractivity contribution in [1.29, 1.82) is 0 Å². The molecule has 0 unspecified atom stereocenters. The van der Waals surface area contributed by atoms with Crippen LogP contribution in [0.4, 0.5) is 0 Å². The molecule has 0 spiro atoms. The molecule has 0 nitrogen and oxygen atoms in total. The van der Waals surface area contributed by atoms with E-state index in [0.29, 0.717) is 5.41 Å². The van der Waals surface area contributed by atoms with Crippen LogP contribution in [0.5, 0.6) is 0 Å². The zero-order chi connectivity index (χ0) is 12.9. The van der Waals surface area contributed by atoms with Gasteiger partial charge in [-0.3, -0.25) is 0 Å². The summed E-state index contributed by atoms with van der Waals surface area (Å²) in [6, 6.07) is 0. The highest BCUT2D eigenvalue weighted by Crippen LogP contribution is 2.36. The smallest absolute Gasteiger partial charge is 0.0170 e. The van der Waals surface area contributed by atoms with Gasteiger partial charge in [0.2, 0.25) is 0 Å². The maximum Gasteiger partial charge on any atom is -0.0170 e. The van der Waals surface area contributed by atoms with Crippen LogP contribution in [0.2, 0.25) is 0 Å². The van der Waals surface area contributed by atoms with Gasteiger partial charge in [-0.2, -0.15) is 0 Å². The summed E-state index contributed by atoms with van der Waals surface area (Å²) < 4.78 is 0. The monoisotopic (exact) mass is 236 g/mol. The minimum Gasteiger partial charge on any atom is -0.0799 e. The fraction of sp³-hybridized carbons (Fsp3) is 0.882. The highest BCUT2D eigenvalue weighted by Gasteiger charge is 2.23.